The third-order valence-electron chi connectivity index (χ3n) is 5.09. The maximum absolute atomic E-state index is 14.1. The predicted molar refractivity (Wildman–Crippen MR) is 106 cm³/mol. The fourth-order valence-electron chi connectivity index (χ4n) is 3.50. The van der Waals surface area contributed by atoms with Crippen molar-refractivity contribution in [1.82, 2.24) is 20.0 Å². The van der Waals surface area contributed by atoms with Crippen molar-refractivity contribution in [3.05, 3.63) is 65.4 Å². The second-order valence-corrected chi connectivity index (χ2v) is 7.81. The fourth-order valence-corrected chi connectivity index (χ4v) is 3.50. The molecule has 2 aromatic rings. The molecule has 0 aliphatic carbocycles. The molecule has 7 nitrogen and oxygen atoms in total. The highest BCUT2D eigenvalue weighted by atomic mass is 19.4. The molecule has 1 aromatic carbocycles. The zero-order valence-electron chi connectivity index (χ0n) is 17.8. The first kappa shape index (κ1) is 25.1. The van der Waals surface area contributed by atoms with Crippen molar-refractivity contribution in [3.8, 4) is 0 Å². The van der Waals surface area contributed by atoms with Gasteiger partial charge in [-0.15, -0.1) is 0 Å². The lowest BCUT2D eigenvalue weighted by Gasteiger charge is -2.40. The Balaban J connectivity index is 1.68. The quantitative estimate of drug-likeness (QED) is 0.362. The molecule has 1 saturated heterocycles. The molecule has 34 heavy (non-hydrogen) atoms. The monoisotopic (exact) mass is 490 g/mol. The van der Waals surface area contributed by atoms with E-state index in [0.29, 0.717) is 12.1 Å². The van der Waals surface area contributed by atoms with Gasteiger partial charge in [0.2, 0.25) is 5.91 Å². The summed E-state index contributed by atoms with van der Waals surface area (Å²) in [6, 6.07) is 0.00276. The third-order valence-corrected chi connectivity index (χ3v) is 5.09. The SMILES string of the molecule is C=C(C)OC(=O)N[C@@H](CC(=O)N1CC(n2nccc2C(F)(F)F)C1)Cc1cc(F)c(F)cc1F. The average molecular weight is 490 g/mol. The van der Waals surface area contributed by atoms with E-state index >= 15 is 0 Å². The highest BCUT2D eigenvalue weighted by Gasteiger charge is 2.41. The first-order chi connectivity index (χ1) is 15.8. The number of carbonyl (C=O) groups excluding carboxylic acids is 2. The maximum Gasteiger partial charge on any atom is 0.433 e. The summed E-state index contributed by atoms with van der Waals surface area (Å²) < 4.78 is 85.6. The van der Waals surface area contributed by atoms with Crippen molar-refractivity contribution in [2.75, 3.05) is 13.1 Å². The summed E-state index contributed by atoms with van der Waals surface area (Å²) in [4.78, 5) is 25.9. The summed E-state index contributed by atoms with van der Waals surface area (Å²) in [5.41, 5.74) is -1.24. The normalized spacial score (nSPS) is 15.0. The maximum atomic E-state index is 14.1. The summed E-state index contributed by atoms with van der Waals surface area (Å²) >= 11 is 0. The van der Waals surface area contributed by atoms with Gasteiger partial charge in [0.15, 0.2) is 11.6 Å². The number of alkyl carbamates (subject to hydrolysis) is 1. The summed E-state index contributed by atoms with van der Waals surface area (Å²) in [6.07, 6.45) is -5.37. The van der Waals surface area contributed by atoms with Crippen LogP contribution in [0.1, 0.15) is 30.6 Å². The van der Waals surface area contributed by atoms with Gasteiger partial charge in [0.05, 0.1) is 11.8 Å². The molecule has 2 heterocycles. The van der Waals surface area contributed by atoms with E-state index in [2.05, 4.69) is 17.0 Å². The number of hydrogen-bond donors (Lipinski definition) is 1. The Morgan fingerprint density at radius 2 is 1.85 bits per heavy atom. The molecule has 0 bridgehead atoms. The number of hydrogen-bond acceptors (Lipinski definition) is 4. The second-order valence-electron chi connectivity index (χ2n) is 7.81. The van der Waals surface area contributed by atoms with Crippen LogP contribution in [0, 0.1) is 17.5 Å². The summed E-state index contributed by atoms with van der Waals surface area (Å²) in [6.45, 7) is 4.65. The van der Waals surface area contributed by atoms with Crippen LogP contribution in [0.5, 0.6) is 0 Å². The van der Waals surface area contributed by atoms with Crippen molar-refractivity contribution in [3.63, 3.8) is 0 Å². The van der Waals surface area contributed by atoms with Gasteiger partial charge in [-0.25, -0.2) is 18.0 Å². The molecule has 0 radical (unpaired) electrons. The van der Waals surface area contributed by atoms with Gasteiger partial charge < -0.3 is 15.0 Å². The second kappa shape index (κ2) is 9.77. The van der Waals surface area contributed by atoms with Crippen molar-refractivity contribution < 1.29 is 40.7 Å². The average Bonchev–Trinajstić information content (AvgIpc) is 3.14. The number of amides is 2. The molecule has 0 spiro atoms. The van der Waals surface area contributed by atoms with Crippen LogP contribution in [-0.2, 0) is 22.1 Å². The number of rotatable bonds is 7. The van der Waals surface area contributed by atoms with E-state index in [-0.39, 0.29) is 30.8 Å². The Hall–Kier alpha value is -3.51. The standard InChI is InChI=1S/C21H20F6N4O3/c1-11(2)34-20(33)29-13(5-12-6-16(23)17(24)8-15(12)22)7-19(32)30-9-14(10-30)31-18(3-4-28-31)21(25,26)27/h3-4,6,8,13-14H,1,5,7,9-10H2,2H3,(H,29,33)/t13-/m1/s1. The molecular weight excluding hydrogens is 470 g/mol. The number of nitrogens with zero attached hydrogens (tertiary/aromatic N) is 3. The molecule has 1 aliphatic rings. The minimum absolute atomic E-state index is 0.0341. The number of likely N-dealkylation sites (tertiary alicyclic amines) is 1. The minimum Gasteiger partial charge on any atom is -0.416 e. The van der Waals surface area contributed by atoms with Crippen molar-refractivity contribution in [1.29, 1.82) is 0 Å². The summed E-state index contributed by atoms with van der Waals surface area (Å²) in [5.74, 6) is -4.30. The molecule has 0 saturated carbocycles. The zero-order valence-corrected chi connectivity index (χ0v) is 17.8. The first-order valence-electron chi connectivity index (χ1n) is 10.0. The van der Waals surface area contributed by atoms with E-state index in [1.165, 1.54) is 11.8 Å². The van der Waals surface area contributed by atoms with Crippen LogP contribution in [0.15, 0.2) is 36.7 Å². The molecule has 1 N–H and O–H groups in total. The number of allylic oxidation sites excluding steroid dienone is 1. The van der Waals surface area contributed by atoms with Crippen molar-refractivity contribution >= 4 is 12.0 Å². The lowest BCUT2D eigenvalue weighted by molar-refractivity contribution is -0.148. The summed E-state index contributed by atoms with van der Waals surface area (Å²) in [7, 11) is 0. The van der Waals surface area contributed by atoms with Gasteiger partial charge in [-0.05, 0) is 31.0 Å². The Morgan fingerprint density at radius 3 is 2.47 bits per heavy atom. The van der Waals surface area contributed by atoms with Crippen LogP contribution in [0.3, 0.4) is 0 Å². The van der Waals surface area contributed by atoms with Crippen LogP contribution < -0.4 is 5.32 Å². The van der Waals surface area contributed by atoms with Gasteiger partial charge in [-0.1, -0.05) is 6.58 Å². The number of ether oxygens (including phenoxy) is 1. The lowest BCUT2D eigenvalue weighted by atomic mass is 10.00. The molecule has 1 aromatic heterocycles. The van der Waals surface area contributed by atoms with Gasteiger partial charge in [-0.2, -0.15) is 18.3 Å². The smallest absolute Gasteiger partial charge is 0.416 e. The zero-order chi connectivity index (χ0) is 25.2. The van der Waals surface area contributed by atoms with E-state index < -0.39 is 59.8 Å². The van der Waals surface area contributed by atoms with Crippen LogP contribution in [0.4, 0.5) is 31.1 Å². The number of halogens is 6. The highest BCUT2D eigenvalue weighted by Crippen LogP contribution is 2.33. The molecule has 3 rings (SSSR count). The number of carbonyl (C=O) groups is 2. The Kier molecular flexibility index (Phi) is 7.22. The van der Waals surface area contributed by atoms with Gasteiger partial charge in [0, 0.05) is 37.8 Å². The number of aromatic nitrogens is 2. The molecule has 1 aliphatic heterocycles. The van der Waals surface area contributed by atoms with E-state index in [4.69, 9.17) is 4.74 Å². The first-order valence-corrected chi connectivity index (χ1v) is 10.0. The predicted octanol–water partition coefficient (Wildman–Crippen LogP) is 3.96. The van der Waals surface area contributed by atoms with E-state index in [9.17, 15) is 35.9 Å². The number of nitrogens with one attached hydrogen (secondary N) is 1. The fraction of sp³-hybridized carbons (Fsp3) is 0.381. The Bertz CT molecular complexity index is 1090. The largest absolute Gasteiger partial charge is 0.433 e. The molecule has 1 fully saturated rings. The van der Waals surface area contributed by atoms with Crippen LogP contribution >= 0.6 is 0 Å². The lowest BCUT2D eigenvalue weighted by Crippen LogP contribution is -2.53. The molecule has 184 valence electrons. The number of alkyl halides is 3. The Labute approximate surface area is 190 Å². The van der Waals surface area contributed by atoms with Crippen molar-refractivity contribution in [2.45, 2.75) is 38.0 Å². The van der Waals surface area contributed by atoms with Crippen LogP contribution in [0.25, 0.3) is 0 Å². The van der Waals surface area contributed by atoms with E-state index in [0.717, 1.165) is 16.9 Å². The van der Waals surface area contributed by atoms with Crippen LogP contribution in [-0.4, -0.2) is 45.8 Å². The minimum atomic E-state index is -4.60. The van der Waals surface area contributed by atoms with Gasteiger partial charge >= 0.3 is 12.3 Å². The Morgan fingerprint density at radius 1 is 1.21 bits per heavy atom. The molecule has 13 heteroatoms. The summed E-state index contributed by atoms with van der Waals surface area (Å²) in [5, 5.41) is 6.02. The number of benzene rings is 1. The highest BCUT2D eigenvalue weighted by molar-refractivity contribution is 5.79. The molecule has 2 amide bonds. The van der Waals surface area contributed by atoms with E-state index in [1.54, 1.807) is 0 Å². The van der Waals surface area contributed by atoms with Crippen LogP contribution in [0.2, 0.25) is 0 Å². The topological polar surface area (TPSA) is 76.5 Å². The molecule has 0 unspecified atom stereocenters. The third kappa shape index (κ3) is 5.88. The molecule has 1 atom stereocenters. The van der Waals surface area contributed by atoms with Gasteiger partial charge in [0.25, 0.3) is 0 Å². The van der Waals surface area contributed by atoms with Crippen molar-refractivity contribution in [2.24, 2.45) is 0 Å². The van der Waals surface area contributed by atoms with Gasteiger partial charge in [-0.3, -0.25) is 9.48 Å². The van der Waals surface area contributed by atoms with Gasteiger partial charge in [0.1, 0.15) is 11.5 Å². The molecular formula is C21H20F6N4O3. The van der Waals surface area contributed by atoms with E-state index in [1.807, 2.05) is 0 Å².